The molecule has 0 aliphatic carbocycles. The van der Waals surface area contributed by atoms with Crippen molar-refractivity contribution in [3.8, 4) is 11.3 Å². The van der Waals surface area contributed by atoms with E-state index in [9.17, 15) is 23.3 Å². The molecule has 0 spiro atoms. The Balaban J connectivity index is 2.57. The summed E-state index contributed by atoms with van der Waals surface area (Å²) in [4.78, 5) is 14.1. The fraction of sp³-hybridized carbons (Fsp3) is 0.500. The molecule has 0 bridgehead atoms. The standard InChI is InChI=1S/C16H21ClF3N5O3Si/c1-9-13(25(26)27)14(24(23-9)8-28-5-6-29(2,3)4)10-7-11(17)22-15(12(10)21)16(18,19)20/h7H,5-6,8,21H2,1-4H3. The third kappa shape index (κ3) is 5.45. The Bertz CT molecular complexity index is 928. The van der Waals surface area contributed by atoms with Crippen molar-refractivity contribution in [1.29, 1.82) is 0 Å². The zero-order valence-electron chi connectivity index (χ0n) is 16.3. The molecule has 8 nitrogen and oxygen atoms in total. The molecule has 0 amide bonds. The molecule has 2 heterocycles. The summed E-state index contributed by atoms with van der Waals surface area (Å²) in [6.45, 7) is 8.05. The molecular weight excluding hydrogens is 431 g/mol. The summed E-state index contributed by atoms with van der Waals surface area (Å²) in [6, 6.07) is 1.89. The van der Waals surface area contributed by atoms with Crippen LogP contribution in [0.1, 0.15) is 11.4 Å². The van der Waals surface area contributed by atoms with Crippen LogP contribution in [-0.2, 0) is 17.6 Å². The number of aryl methyl sites for hydroxylation is 1. The van der Waals surface area contributed by atoms with E-state index in [-0.39, 0.29) is 23.7 Å². The van der Waals surface area contributed by atoms with Crippen LogP contribution in [0.2, 0.25) is 30.8 Å². The zero-order valence-corrected chi connectivity index (χ0v) is 18.1. The number of nitrogens with two attached hydrogens (primary N) is 1. The lowest BCUT2D eigenvalue weighted by Gasteiger charge is -2.16. The second kappa shape index (κ2) is 8.28. The third-order valence-electron chi connectivity index (χ3n) is 4.04. The summed E-state index contributed by atoms with van der Waals surface area (Å²) in [5.74, 6) is 0. The maximum atomic E-state index is 13.3. The van der Waals surface area contributed by atoms with Gasteiger partial charge in [-0.25, -0.2) is 9.67 Å². The number of ether oxygens (including phenoxy) is 1. The van der Waals surface area contributed by atoms with Crippen LogP contribution in [0.5, 0.6) is 0 Å². The Morgan fingerprint density at radius 3 is 2.52 bits per heavy atom. The smallest absolute Gasteiger partial charge is 0.396 e. The number of alkyl halides is 3. The van der Waals surface area contributed by atoms with Crippen molar-refractivity contribution in [3.05, 3.63) is 32.7 Å². The molecule has 2 aromatic heterocycles. The van der Waals surface area contributed by atoms with E-state index in [1.54, 1.807) is 0 Å². The van der Waals surface area contributed by atoms with Crippen molar-refractivity contribution in [3.63, 3.8) is 0 Å². The number of anilines is 1. The van der Waals surface area contributed by atoms with Crippen LogP contribution < -0.4 is 5.73 Å². The van der Waals surface area contributed by atoms with Crippen LogP contribution in [0.4, 0.5) is 24.5 Å². The number of nitrogen functional groups attached to an aromatic ring is 1. The van der Waals surface area contributed by atoms with E-state index in [1.165, 1.54) is 6.92 Å². The van der Waals surface area contributed by atoms with Gasteiger partial charge in [-0.15, -0.1) is 0 Å². The zero-order chi connectivity index (χ0) is 22.1. The largest absolute Gasteiger partial charge is 0.435 e. The Morgan fingerprint density at radius 1 is 1.38 bits per heavy atom. The monoisotopic (exact) mass is 451 g/mol. The summed E-state index contributed by atoms with van der Waals surface area (Å²) in [5.41, 5.74) is 2.55. The molecule has 0 aliphatic heterocycles. The molecule has 0 fully saturated rings. The van der Waals surface area contributed by atoms with Crippen molar-refractivity contribution in [1.82, 2.24) is 14.8 Å². The van der Waals surface area contributed by atoms with Crippen LogP contribution in [-0.4, -0.2) is 34.4 Å². The molecule has 160 valence electrons. The molecule has 0 saturated heterocycles. The van der Waals surface area contributed by atoms with E-state index < -0.39 is 41.4 Å². The quantitative estimate of drug-likeness (QED) is 0.214. The van der Waals surface area contributed by atoms with Crippen LogP contribution in [0.3, 0.4) is 0 Å². The van der Waals surface area contributed by atoms with Crippen LogP contribution >= 0.6 is 11.6 Å². The van der Waals surface area contributed by atoms with Gasteiger partial charge in [-0.3, -0.25) is 10.1 Å². The van der Waals surface area contributed by atoms with Gasteiger partial charge < -0.3 is 10.5 Å². The normalized spacial score (nSPS) is 12.4. The molecule has 0 radical (unpaired) electrons. The lowest BCUT2D eigenvalue weighted by Crippen LogP contribution is -2.22. The predicted molar refractivity (Wildman–Crippen MR) is 105 cm³/mol. The first-order valence-electron chi connectivity index (χ1n) is 8.55. The van der Waals surface area contributed by atoms with Crippen molar-refractivity contribution < 1.29 is 22.8 Å². The molecule has 0 unspecified atom stereocenters. The van der Waals surface area contributed by atoms with Gasteiger partial charge in [-0.05, 0) is 19.0 Å². The fourth-order valence-corrected chi connectivity index (χ4v) is 3.57. The highest BCUT2D eigenvalue weighted by Gasteiger charge is 2.38. The molecule has 0 saturated carbocycles. The second-order valence-corrected chi connectivity index (χ2v) is 13.6. The van der Waals surface area contributed by atoms with E-state index in [0.29, 0.717) is 6.61 Å². The van der Waals surface area contributed by atoms with Crippen molar-refractivity contribution in [2.45, 2.75) is 45.5 Å². The maximum Gasteiger partial charge on any atom is 0.435 e. The first-order chi connectivity index (χ1) is 13.2. The Hall–Kier alpha value is -2.18. The number of nitro groups is 1. The van der Waals surface area contributed by atoms with Crippen LogP contribution in [0.25, 0.3) is 11.3 Å². The minimum atomic E-state index is -4.88. The van der Waals surface area contributed by atoms with Crippen LogP contribution in [0.15, 0.2) is 6.07 Å². The van der Waals surface area contributed by atoms with Gasteiger partial charge in [0, 0.05) is 20.2 Å². The number of rotatable bonds is 7. The highest BCUT2D eigenvalue weighted by molar-refractivity contribution is 6.76. The lowest BCUT2D eigenvalue weighted by molar-refractivity contribution is -0.384. The summed E-state index contributed by atoms with van der Waals surface area (Å²) in [6.07, 6.45) is -4.88. The first-order valence-corrected chi connectivity index (χ1v) is 12.6. The molecule has 0 aromatic carbocycles. The average molecular weight is 452 g/mol. The second-order valence-electron chi connectivity index (χ2n) is 7.64. The van der Waals surface area contributed by atoms with E-state index in [1.807, 2.05) is 0 Å². The van der Waals surface area contributed by atoms with Crippen LogP contribution in [0, 0.1) is 17.0 Å². The Labute approximate surface area is 171 Å². The average Bonchev–Trinajstić information content (AvgIpc) is 2.88. The number of nitrogens with zero attached hydrogens (tertiary/aromatic N) is 4. The number of halogens is 4. The van der Waals surface area contributed by atoms with Crippen molar-refractivity contribution in [2.75, 3.05) is 12.3 Å². The van der Waals surface area contributed by atoms with E-state index >= 15 is 0 Å². The first kappa shape index (κ1) is 23.1. The van der Waals surface area contributed by atoms with Gasteiger partial charge in [-0.2, -0.15) is 18.3 Å². The minimum Gasteiger partial charge on any atom is -0.396 e. The van der Waals surface area contributed by atoms with Gasteiger partial charge in [-0.1, -0.05) is 31.2 Å². The Morgan fingerprint density at radius 2 is 2.00 bits per heavy atom. The molecular formula is C16H21ClF3N5O3Si. The molecule has 0 atom stereocenters. The maximum absolute atomic E-state index is 13.3. The summed E-state index contributed by atoms with van der Waals surface area (Å²) in [7, 11) is -1.37. The molecule has 2 aromatic rings. The minimum absolute atomic E-state index is 0.0136. The van der Waals surface area contributed by atoms with Gasteiger partial charge in [0.2, 0.25) is 0 Å². The fourth-order valence-electron chi connectivity index (χ4n) is 2.62. The molecule has 2 N–H and O–H groups in total. The van der Waals surface area contributed by atoms with E-state index in [2.05, 4.69) is 29.7 Å². The number of aromatic nitrogens is 3. The predicted octanol–water partition coefficient (Wildman–Crippen LogP) is 4.73. The topological polar surface area (TPSA) is 109 Å². The number of pyridine rings is 1. The molecule has 2 rings (SSSR count). The van der Waals surface area contributed by atoms with E-state index in [0.717, 1.165) is 16.8 Å². The number of hydrogen-bond donors (Lipinski definition) is 1. The summed E-state index contributed by atoms with van der Waals surface area (Å²) >= 11 is 5.75. The van der Waals surface area contributed by atoms with Crippen molar-refractivity contribution in [2.24, 2.45) is 0 Å². The van der Waals surface area contributed by atoms with Crippen molar-refractivity contribution >= 4 is 31.0 Å². The number of hydrogen-bond acceptors (Lipinski definition) is 6. The van der Waals surface area contributed by atoms with E-state index in [4.69, 9.17) is 22.1 Å². The van der Waals surface area contributed by atoms with Gasteiger partial charge in [0.15, 0.2) is 11.4 Å². The highest BCUT2D eigenvalue weighted by Crippen LogP contribution is 2.42. The highest BCUT2D eigenvalue weighted by atomic mass is 35.5. The SMILES string of the molecule is Cc1nn(COCC[Si](C)(C)C)c(-c2cc(Cl)nc(C(F)(F)F)c2N)c1[N+](=O)[O-]. The van der Waals surface area contributed by atoms with Gasteiger partial charge in [0.1, 0.15) is 17.6 Å². The van der Waals surface area contributed by atoms with Gasteiger partial charge >= 0.3 is 11.9 Å². The third-order valence-corrected chi connectivity index (χ3v) is 5.94. The van der Waals surface area contributed by atoms with Gasteiger partial charge in [0.05, 0.1) is 10.6 Å². The lowest BCUT2D eigenvalue weighted by atomic mass is 10.1. The summed E-state index contributed by atoms with van der Waals surface area (Å²) < 4.78 is 46.5. The van der Waals surface area contributed by atoms with Gasteiger partial charge in [0.25, 0.3) is 0 Å². The Kier molecular flexibility index (Phi) is 6.60. The summed E-state index contributed by atoms with van der Waals surface area (Å²) in [5, 5.41) is 15.1. The molecule has 29 heavy (non-hydrogen) atoms. The molecule has 0 aliphatic rings. The molecule has 13 heteroatoms.